The highest BCUT2D eigenvalue weighted by Gasteiger charge is 2.28. The molecular weight excluding hydrogens is 371 g/mol. The molecule has 6 heteroatoms. The van der Waals surface area contributed by atoms with Crippen LogP contribution in [0, 0.1) is 5.82 Å². The van der Waals surface area contributed by atoms with Crippen LogP contribution in [-0.4, -0.2) is 35.4 Å². The van der Waals surface area contributed by atoms with Crippen LogP contribution in [0.25, 0.3) is 0 Å². The summed E-state index contributed by atoms with van der Waals surface area (Å²) in [6.07, 6.45) is 0.0807. The van der Waals surface area contributed by atoms with E-state index in [1.54, 1.807) is 31.1 Å². The summed E-state index contributed by atoms with van der Waals surface area (Å²) >= 11 is 0. The predicted molar refractivity (Wildman–Crippen MR) is 111 cm³/mol. The van der Waals surface area contributed by atoms with E-state index in [0.717, 1.165) is 5.56 Å². The summed E-state index contributed by atoms with van der Waals surface area (Å²) in [4.78, 5) is 27.4. The standard InChI is InChI=1S/C23H29FN2O3/c1-16(22(28)25-23(2,3)4)26(15-18-7-6-8-20(13-18)29-5)21(27)14-17-9-11-19(24)12-10-17/h6-13,16H,14-15H2,1-5H3,(H,25,28). The molecule has 0 aromatic heterocycles. The Morgan fingerprint density at radius 3 is 2.34 bits per heavy atom. The van der Waals surface area contributed by atoms with Gasteiger partial charge in [0.15, 0.2) is 0 Å². The molecule has 0 aliphatic rings. The van der Waals surface area contributed by atoms with Crippen molar-refractivity contribution >= 4 is 11.8 Å². The average molecular weight is 400 g/mol. The molecule has 0 spiro atoms. The van der Waals surface area contributed by atoms with Gasteiger partial charge in [0.25, 0.3) is 0 Å². The summed E-state index contributed by atoms with van der Waals surface area (Å²) in [5.41, 5.74) is 1.13. The molecule has 1 N–H and O–H groups in total. The van der Waals surface area contributed by atoms with Crippen LogP contribution in [0.1, 0.15) is 38.8 Å². The minimum Gasteiger partial charge on any atom is -0.497 e. The quantitative estimate of drug-likeness (QED) is 0.771. The van der Waals surface area contributed by atoms with Gasteiger partial charge >= 0.3 is 0 Å². The fraction of sp³-hybridized carbons (Fsp3) is 0.391. The summed E-state index contributed by atoms with van der Waals surface area (Å²) in [6, 6.07) is 12.5. The van der Waals surface area contributed by atoms with Crippen molar-refractivity contribution in [1.82, 2.24) is 10.2 Å². The molecule has 156 valence electrons. The van der Waals surface area contributed by atoms with Gasteiger partial charge in [-0.25, -0.2) is 4.39 Å². The second-order valence-corrected chi connectivity index (χ2v) is 8.09. The number of methoxy groups -OCH3 is 1. The lowest BCUT2D eigenvalue weighted by Crippen LogP contribution is -2.52. The number of rotatable bonds is 7. The Hall–Kier alpha value is -2.89. The molecule has 2 rings (SSSR count). The molecule has 2 aromatic carbocycles. The van der Waals surface area contributed by atoms with Crippen LogP contribution >= 0.6 is 0 Å². The van der Waals surface area contributed by atoms with Gasteiger partial charge in [-0.15, -0.1) is 0 Å². The topological polar surface area (TPSA) is 58.6 Å². The Bertz CT molecular complexity index is 844. The Morgan fingerprint density at radius 1 is 1.10 bits per heavy atom. The van der Waals surface area contributed by atoms with Gasteiger partial charge in [0.05, 0.1) is 13.5 Å². The highest BCUT2D eigenvalue weighted by molar-refractivity contribution is 5.88. The van der Waals surface area contributed by atoms with E-state index < -0.39 is 11.6 Å². The second kappa shape index (κ2) is 9.54. The zero-order chi connectivity index (χ0) is 21.6. The van der Waals surface area contributed by atoms with Crippen molar-refractivity contribution in [1.29, 1.82) is 0 Å². The number of halogens is 1. The summed E-state index contributed by atoms with van der Waals surface area (Å²) in [5, 5.41) is 2.93. The summed E-state index contributed by atoms with van der Waals surface area (Å²) in [5.74, 6) is -0.114. The first kappa shape index (κ1) is 22.4. The van der Waals surface area contributed by atoms with Gasteiger partial charge in [0.1, 0.15) is 17.6 Å². The zero-order valence-electron chi connectivity index (χ0n) is 17.7. The van der Waals surface area contributed by atoms with Crippen LogP contribution in [0.15, 0.2) is 48.5 Å². The van der Waals surface area contributed by atoms with Crippen molar-refractivity contribution in [3.8, 4) is 5.75 Å². The lowest BCUT2D eigenvalue weighted by Gasteiger charge is -2.31. The monoisotopic (exact) mass is 400 g/mol. The number of benzene rings is 2. The van der Waals surface area contributed by atoms with E-state index in [2.05, 4.69) is 5.32 Å². The highest BCUT2D eigenvalue weighted by Crippen LogP contribution is 2.18. The Labute approximate surface area is 171 Å². The number of hydrogen-bond donors (Lipinski definition) is 1. The number of carbonyl (C=O) groups is 2. The minimum absolute atomic E-state index is 0.0807. The Balaban J connectivity index is 2.26. The van der Waals surface area contributed by atoms with Gasteiger partial charge in [-0.3, -0.25) is 9.59 Å². The van der Waals surface area contributed by atoms with E-state index in [0.29, 0.717) is 11.3 Å². The second-order valence-electron chi connectivity index (χ2n) is 8.09. The molecule has 0 saturated heterocycles. The third-order valence-corrected chi connectivity index (χ3v) is 4.42. The molecule has 0 aliphatic carbocycles. The molecule has 0 radical (unpaired) electrons. The van der Waals surface area contributed by atoms with Gasteiger partial charge in [0, 0.05) is 12.1 Å². The Morgan fingerprint density at radius 2 is 1.76 bits per heavy atom. The third-order valence-electron chi connectivity index (χ3n) is 4.42. The molecule has 2 amide bonds. The number of amides is 2. The van der Waals surface area contributed by atoms with Gasteiger partial charge in [0.2, 0.25) is 11.8 Å². The van der Waals surface area contributed by atoms with E-state index in [-0.39, 0.29) is 30.6 Å². The number of nitrogens with one attached hydrogen (secondary N) is 1. The van der Waals surface area contributed by atoms with Crippen molar-refractivity contribution in [3.63, 3.8) is 0 Å². The molecular formula is C23H29FN2O3. The normalized spacial score (nSPS) is 12.2. The molecule has 0 fully saturated rings. The first-order valence-corrected chi connectivity index (χ1v) is 9.58. The predicted octanol–water partition coefficient (Wildman–Crippen LogP) is 3.71. The van der Waals surface area contributed by atoms with Crippen LogP contribution in [0.3, 0.4) is 0 Å². The van der Waals surface area contributed by atoms with Crippen molar-refractivity contribution in [3.05, 3.63) is 65.5 Å². The number of carbonyl (C=O) groups excluding carboxylic acids is 2. The maximum absolute atomic E-state index is 13.2. The SMILES string of the molecule is COc1cccc(CN(C(=O)Cc2ccc(F)cc2)C(C)C(=O)NC(C)(C)C)c1. The maximum Gasteiger partial charge on any atom is 0.242 e. The third kappa shape index (κ3) is 6.89. The first-order chi connectivity index (χ1) is 13.6. The van der Waals surface area contributed by atoms with E-state index in [4.69, 9.17) is 4.74 Å². The van der Waals surface area contributed by atoms with Crippen LogP contribution < -0.4 is 10.1 Å². The molecule has 1 unspecified atom stereocenters. The Kier molecular flexibility index (Phi) is 7.37. The largest absolute Gasteiger partial charge is 0.497 e. The number of nitrogens with zero attached hydrogens (tertiary/aromatic N) is 1. The van der Waals surface area contributed by atoms with Crippen molar-refractivity contribution in [2.24, 2.45) is 0 Å². The summed E-state index contributed by atoms with van der Waals surface area (Å²) < 4.78 is 18.4. The lowest BCUT2D eigenvalue weighted by atomic mass is 10.1. The molecule has 0 saturated carbocycles. The summed E-state index contributed by atoms with van der Waals surface area (Å²) in [7, 11) is 1.58. The van der Waals surface area contributed by atoms with Crippen LogP contribution in [0.5, 0.6) is 5.75 Å². The molecule has 2 aromatic rings. The van der Waals surface area contributed by atoms with E-state index in [1.165, 1.54) is 12.1 Å². The molecule has 0 bridgehead atoms. The van der Waals surface area contributed by atoms with Crippen molar-refractivity contribution < 1.29 is 18.7 Å². The van der Waals surface area contributed by atoms with E-state index in [9.17, 15) is 14.0 Å². The van der Waals surface area contributed by atoms with Gasteiger partial charge in [-0.05, 0) is 63.1 Å². The van der Waals surface area contributed by atoms with Crippen LogP contribution in [-0.2, 0) is 22.6 Å². The zero-order valence-corrected chi connectivity index (χ0v) is 17.7. The van der Waals surface area contributed by atoms with Crippen LogP contribution in [0.2, 0.25) is 0 Å². The van der Waals surface area contributed by atoms with Gasteiger partial charge in [-0.1, -0.05) is 24.3 Å². The van der Waals surface area contributed by atoms with Crippen molar-refractivity contribution in [2.75, 3.05) is 7.11 Å². The molecule has 1 atom stereocenters. The van der Waals surface area contributed by atoms with Crippen molar-refractivity contribution in [2.45, 2.75) is 52.2 Å². The van der Waals surface area contributed by atoms with Crippen LogP contribution in [0.4, 0.5) is 4.39 Å². The van der Waals surface area contributed by atoms with Gasteiger partial charge in [-0.2, -0.15) is 0 Å². The average Bonchev–Trinajstić information content (AvgIpc) is 2.66. The minimum atomic E-state index is -0.673. The van der Waals surface area contributed by atoms with E-state index >= 15 is 0 Å². The molecule has 29 heavy (non-hydrogen) atoms. The lowest BCUT2D eigenvalue weighted by molar-refractivity contribution is -0.140. The maximum atomic E-state index is 13.2. The number of ether oxygens (including phenoxy) is 1. The fourth-order valence-electron chi connectivity index (χ4n) is 2.90. The molecule has 0 aliphatic heterocycles. The first-order valence-electron chi connectivity index (χ1n) is 9.58. The highest BCUT2D eigenvalue weighted by atomic mass is 19.1. The molecule has 0 heterocycles. The van der Waals surface area contributed by atoms with Gasteiger partial charge < -0.3 is 15.0 Å². The molecule has 5 nitrogen and oxygen atoms in total. The summed E-state index contributed by atoms with van der Waals surface area (Å²) in [6.45, 7) is 7.65. The smallest absolute Gasteiger partial charge is 0.242 e. The number of hydrogen-bond acceptors (Lipinski definition) is 3. The fourth-order valence-corrected chi connectivity index (χ4v) is 2.90. The van der Waals surface area contributed by atoms with E-state index in [1.807, 2.05) is 45.0 Å².